The average Bonchev–Trinajstić information content (AvgIpc) is 2.93. The Morgan fingerprint density at radius 1 is 1.23 bits per heavy atom. The van der Waals surface area contributed by atoms with E-state index < -0.39 is 15.8 Å². The number of pyridine rings is 1. The highest BCUT2D eigenvalue weighted by Gasteiger charge is 2.22. The lowest BCUT2D eigenvalue weighted by Gasteiger charge is -2.12. The lowest BCUT2D eigenvalue weighted by molar-refractivity contribution is 0.508. The van der Waals surface area contributed by atoms with Gasteiger partial charge in [0.05, 0.1) is 0 Å². The van der Waals surface area contributed by atoms with E-state index in [0.717, 1.165) is 4.31 Å². The number of hydrogen-bond donors (Lipinski definition) is 1. The van der Waals surface area contributed by atoms with Gasteiger partial charge in [-0.1, -0.05) is 6.07 Å². The number of aromatic amines is 1. The van der Waals surface area contributed by atoms with Gasteiger partial charge in [-0.05, 0) is 23.8 Å². The molecule has 0 bridgehead atoms. The molecule has 3 rings (SSSR count). The summed E-state index contributed by atoms with van der Waals surface area (Å²) >= 11 is 0. The Bertz CT molecular complexity index is 950. The number of aromatic nitrogens is 3. The number of sulfonamides is 1. The summed E-state index contributed by atoms with van der Waals surface area (Å²) in [7, 11) is -1.10. The molecule has 0 fully saturated rings. The summed E-state index contributed by atoms with van der Waals surface area (Å²) in [6, 6.07) is 5.69. The second kappa shape index (κ2) is 5.15. The van der Waals surface area contributed by atoms with Crippen LogP contribution in [0.1, 0.15) is 0 Å². The SMILES string of the molecule is CN(C)S(=O)(=O)c1ccc(-c2cnc3[nH][c]nc3c2)cc1F. The first kappa shape index (κ1) is 14.6. The van der Waals surface area contributed by atoms with Crippen LogP contribution in [0.5, 0.6) is 0 Å². The van der Waals surface area contributed by atoms with Crippen LogP contribution < -0.4 is 0 Å². The van der Waals surface area contributed by atoms with Gasteiger partial charge in [-0.3, -0.25) is 0 Å². The van der Waals surface area contributed by atoms with Crippen molar-refractivity contribution in [3.8, 4) is 11.1 Å². The lowest BCUT2D eigenvalue weighted by Crippen LogP contribution is -2.23. The summed E-state index contributed by atoms with van der Waals surface area (Å²) in [6.07, 6.45) is 4.13. The average molecular weight is 319 g/mol. The normalized spacial score (nSPS) is 12.2. The fraction of sp³-hybridized carbons (Fsp3) is 0.143. The van der Waals surface area contributed by atoms with Gasteiger partial charge in [-0.2, -0.15) is 0 Å². The molecule has 0 aliphatic carbocycles. The van der Waals surface area contributed by atoms with E-state index in [4.69, 9.17) is 0 Å². The van der Waals surface area contributed by atoms with Crippen molar-refractivity contribution in [3.63, 3.8) is 0 Å². The second-order valence-corrected chi connectivity index (χ2v) is 6.99. The predicted octanol–water partition coefficient (Wildman–Crippen LogP) is 1.81. The van der Waals surface area contributed by atoms with E-state index in [1.165, 1.54) is 26.2 Å². The molecule has 22 heavy (non-hydrogen) atoms. The Labute approximate surface area is 126 Å². The molecule has 2 heterocycles. The summed E-state index contributed by atoms with van der Waals surface area (Å²) in [4.78, 5) is 10.5. The number of nitrogens with one attached hydrogen (secondary N) is 1. The topological polar surface area (TPSA) is 79.0 Å². The lowest BCUT2D eigenvalue weighted by atomic mass is 10.1. The third-order valence-corrected chi connectivity index (χ3v) is 5.09. The fourth-order valence-corrected chi connectivity index (χ4v) is 2.96. The van der Waals surface area contributed by atoms with Gasteiger partial charge in [0, 0.05) is 25.9 Å². The fourth-order valence-electron chi connectivity index (χ4n) is 2.02. The standard InChI is InChI=1S/C14H12FN4O2S/c1-19(2)22(20,21)13-4-3-9(5-11(13)15)10-6-12-14(16-7-10)18-8-17-12/h3-7H,1-2H3,(H,16,17,18). The van der Waals surface area contributed by atoms with Crippen molar-refractivity contribution in [1.29, 1.82) is 0 Å². The number of benzene rings is 1. The molecule has 0 spiro atoms. The van der Waals surface area contributed by atoms with Crippen molar-refractivity contribution >= 4 is 21.2 Å². The van der Waals surface area contributed by atoms with Crippen LogP contribution >= 0.6 is 0 Å². The predicted molar refractivity (Wildman–Crippen MR) is 79.0 cm³/mol. The van der Waals surface area contributed by atoms with Crippen molar-refractivity contribution in [1.82, 2.24) is 19.3 Å². The largest absolute Gasteiger partial charge is 0.320 e. The van der Waals surface area contributed by atoms with E-state index in [-0.39, 0.29) is 4.90 Å². The van der Waals surface area contributed by atoms with Gasteiger partial charge in [0.2, 0.25) is 10.0 Å². The van der Waals surface area contributed by atoms with Crippen LogP contribution in [0.4, 0.5) is 4.39 Å². The zero-order valence-corrected chi connectivity index (χ0v) is 12.6. The second-order valence-electron chi connectivity index (χ2n) is 4.87. The van der Waals surface area contributed by atoms with E-state index in [1.54, 1.807) is 18.3 Å². The Kier molecular flexibility index (Phi) is 3.42. The van der Waals surface area contributed by atoms with Gasteiger partial charge in [-0.25, -0.2) is 27.1 Å². The Hall–Kier alpha value is -2.32. The van der Waals surface area contributed by atoms with Gasteiger partial charge in [-0.15, -0.1) is 0 Å². The number of nitrogens with zero attached hydrogens (tertiary/aromatic N) is 3. The van der Waals surface area contributed by atoms with Crippen molar-refractivity contribution in [3.05, 3.63) is 42.6 Å². The summed E-state index contributed by atoms with van der Waals surface area (Å²) in [5.74, 6) is -0.806. The smallest absolute Gasteiger partial charge is 0.245 e. The van der Waals surface area contributed by atoms with Gasteiger partial charge < -0.3 is 4.98 Å². The van der Waals surface area contributed by atoms with E-state index in [9.17, 15) is 12.8 Å². The molecule has 0 aliphatic rings. The van der Waals surface area contributed by atoms with Crippen LogP contribution in [0.25, 0.3) is 22.3 Å². The summed E-state index contributed by atoms with van der Waals surface area (Å²) in [6.45, 7) is 0. The zero-order chi connectivity index (χ0) is 15.9. The number of rotatable bonds is 3. The molecular weight excluding hydrogens is 307 g/mol. The Morgan fingerprint density at radius 2 is 2.00 bits per heavy atom. The number of imidazole rings is 1. The third kappa shape index (κ3) is 2.36. The first-order valence-electron chi connectivity index (χ1n) is 6.34. The Balaban J connectivity index is 2.08. The quantitative estimate of drug-likeness (QED) is 0.798. The molecule has 1 N–H and O–H groups in total. The highest BCUT2D eigenvalue weighted by Crippen LogP contribution is 2.26. The van der Waals surface area contributed by atoms with E-state index >= 15 is 0 Å². The van der Waals surface area contributed by atoms with Gasteiger partial charge >= 0.3 is 0 Å². The minimum absolute atomic E-state index is 0.358. The molecule has 0 atom stereocenters. The first-order valence-corrected chi connectivity index (χ1v) is 7.78. The summed E-state index contributed by atoms with van der Waals surface area (Å²) in [5.41, 5.74) is 2.34. The molecule has 0 saturated heterocycles. The number of hydrogen-bond acceptors (Lipinski definition) is 4. The molecule has 1 aromatic carbocycles. The molecule has 0 amide bonds. The van der Waals surface area contributed by atoms with Crippen molar-refractivity contribution < 1.29 is 12.8 Å². The monoisotopic (exact) mass is 319 g/mol. The Morgan fingerprint density at radius 3 is 2.68 bits per heavy atom. The van der Waals surface area contributed by atoms with E-state index in [0.29, 0.717) is 22.3 Å². The minimum Gasteiger partial charge on any atom is -0.320 e. The number of halogens is 1. The van der Waals surface area contributed by atoms with Crippen LogP contribution in [-0.2, 0) is 10.0 Å². The molecule has 1 radical (unpaired) electrons. The maximum atomic E-state index is 14.2. The number of H-pyrrole nitrogens is 1. The molecule has 0 aliphatic heterocycles. The number of fused-ring (bicyclic) bond motifs is 1. The van der Waals surface area contributed by atoms with Crippen LogP contribution in [0.3, 0.4) is 0 Å². The van der Waals surface area contributed by atoms with Crippen molar-refractivity contribution in [2.45, 2.75) is 4.90 Å². The molecule has 6 nitrogen and oxygen atoms in total. The molecule has 0 saturated carbocycles. The van der Waals surface area contributed by atoms with Crippen LogP contribution in [0, 0.1) is 12.1 Å². The molecule has 2 aromatic heterocycles. The van der Waals surface area contributed by atoms with Gasteiger partial charge in [0.1, 0.15) is 16.2 Å². The minimum atomic E-state index is -3.81. The summed E-state index contributed by atoms with van der Waals surface area (Å²) in [5, 5.41) is 0. The summed E-state index contributed by atoms with van der Waals surface area (Å²) < 4.78 is 39.2. The van der Waals surface area contributed by atoms with Crippen LogP contribution in [0.2, 0.25) is 0 Å². The molecular formula is C14H12FN4O2S. The molecule has 113 valence electrons. The van der Waals surface area contributed by atoms with Crippen LogP contribution in [0.15, 0.2) is 35.4 Å². The highest BCUT2D eigenvalue weighted by molar-refractivity contribution is 7.89. The highest BCUT2D eigenvalue weighted by atomic mass is 32.2. The van der Waals surface area contributed by atoms with Crippen LogP contribution in [-0.4, -0.2) is 41.8 Å². The van der Waals surface area contributed by atoms with E-state index in [2.05, 4.69) is 21.3 Å². The third-order valence-electron chi connectivity index (χ3n) is 3.24. The van der Waals surface area contributed by atoms with E-state index in [1.807, 2.05) is 0 Å². The van der Waals surface area contributed by atoms with Gasteiger partial charge in [0.25, 0.3) is 0 Å². The molecule has 3 aromatic rings. The van der Waals surface area contributed by atoms with Gasteiger partial charge in [0.15, 0.2) is 12.0 Å². The van der Waals surface area contributed by atoms with Crippen molar-refractivity contribution in [2.75, 3.05) is 14.1 Å². The first-order chi connectivity index (χ1) is 10.4. The van der Waals surface area contributed by atoms with Crippen molar-refractivity contribution in [2.24, 2.45) is 0 Å². The zero-order valence-electron chi connectivity index (χ0n) is 11.8. The maximum absolute atomic E-state index is 14.2. The molecule has 8 heteroatoms. The molecule has 0 unspecified atom stereocenters. The maximum Gasteiger partial charge on any atom is 0.245 e.